The lowest BCUT2D eigenvalue weighted by atomic mass is 9.93. The molecule has 0 bridgehead atoms. The molecular formula is C17H26N6O3. The number of likely N-dealkylation sites (tertiary alicyclic amines) is 1. The van der Waals surface area contributed by atoms with Gasteiger partial charge in [0.05, 0.1) is 19.8 Å². The number of rotatable bonds is 4. The smallest absolute Gasteiger partial charge is 0.312 e. The number of nitrogens with zero attached hydrogens (tertiary/aromatic N) is 4. The number of ether oxygens (including phenoxy) is 1. The SMILES string of the molecule is Cc1nc(C2CCN(C(=O)CNC(N)=O)CC2)cc(N2CCOCC2)n1. The highest BCUT2D eigenvalue weighted by atomic mass is 16.5. The Morgan fingerprint density at radius 2 is 1.92 bits per heavy atom. The first-order chi connectivity index (χ1) is 12.5. The van der Waals surface area contributed by atoms with Crippen LogP contribution in [0, 0.1) is 6.92 Å². The van der Waals surface area contributed by atoms with Gasteiger partial charge in [-0.15, -0.1) is 0 Å². The van der Waals surface area contributed by atoms with Crippen molar-refractivity contribution in [3.8, 4) is 0 Å². The molecule has 0 atom stereocenters. The highest BCUT2D eigenvalue weighted by molar-refractivity contribution is 5.83. The summed E-state index contributed by atoms with van der Waals surface area (Å²) in [6.07, 6.45) is 1.70. The summed E-state index contributed by atoms with van der Waals surface area (Å²) in [7, 11) is 0. The van der Waals surface area contributed by atoms with Crippen molar-refractivity contribution in [3.05, 3.63) is 17.6 Å². The average molecular weight is 362 g/mol. The summed E-state index contributed by atoms with van der Waals surface area (Å²) in [6, 6.07) is 1.40. The molecular weight excluding hydrogens is 336 g/mol. The zero-order valence-electron chi connectivity index (χ0n) is 15.1. The van der Waals surface area contributed by atoms with E-state index in [4.69, 9.17) is 10.5 Å². The molecule has 3 heterocycles. The molecule has 2 saturated heterocycles. The van der Waals surface area contributed by atoms with Crippen molar-refractivity contribution in [2.24, 2.45) is 5.73 Å². The molecule has 0 radical (unpaired) electrons. The third kappa shape index (κ3) is 4.60. The molecule has 9 heteroatoms. The van der Waals surface area contributed by atoms with E-state index in [1.165, 1.54) is 0 Å². The van der Waals surface area contributed by atoms with E-state index in [1.807, 2.05) is 6.92 Å². The molecule has 2 aliphatic rings. The van der Waals surface area contributed by atoms with E-state index in [-0.39, 0.29) is 12.5 Å². The molecule has 0 spiro atoms. The number of morpholine rings is 1. The van der Waals surface area contributed by atoms with Gasteiger partial charge in [0.15, 0.2) is 0 Å². The second-order valence-electron chi connectivity index (χ2n) is 6.67. The minimum atomic E-state index is -0.680. The lowest BCUT2D eigenvalue weighted by molar-refractivity contribution is -0.131. The van der Waals surface area contributed by atoms with Gasteiger partial charge in [-0.3, -0.25) is 4.79 Å². The number of hydrogen-bond acceptors (Lipinski definition) is 6. The van der Waals surface area contributed by atoms with E-state index in [0.29, 0.717) is 19.0 Å². The van der Waals surface area contributed by atoms with Crippen molar-refractivity contribution in [3.63, 3.8) is 0 Å². The fourth-order valence-corrected chi connectivity index (χ4v) is 3.44. The summed E-state index contributed by atoms with van der Waals surface area (Å²) in [5.41, 5.74) is 6.05. The first-order valence-corrected chi connectivity index (χ1v) is 9.02. The molecule has 0 saturated carbocycles. The fourth-order valence-electron chi connectivity index (χ4n) is 3.44. The summed E-state index contributed by atoms with van der Waals surface area (Å²) in [4.78, 5) is 36.0. The number of anilines is 1. The molecule has 3 amide bonds. The van der Waals surface area contributed by atoms with Gasteiger partial charge in [-0.1, -0.05) is 0 Å². The van der Waals surface area contributed by atoms with Gasteiger partial charge in [0.2, 0.25) is 5.91 Å². The van der Waals surface area contributed by atoms with Crippen molar-refractivity contribution in [1.29, 1.82) is 0 Å². The van der Waals surface area contributed by atoms with Crippen LogP contribution in [-0.2, 0) is 9.53 Å². The number of piperidine rings is 1. The van der Waals surface area contributed by atoms with Gasteiger partial charge in [-0.2, -0.15) is 0 Å². The number of aryl methyl sites for hydroxylation is 1. The van der Waals surface area contributed by atoms with E-state index in [2.05, 4.69) is 26.3 Å². The van der Waals surface area contributed by atoms with Crippen molar-refractivity contribution < 1.29 is 14.3 Å². The van der Waals surface area contributed by atoms with Crippen molar-refractivity contribution in [2.75, 3.05) is 50.8 Å². The Morgan fingerprint density at radius 1 is 1.23 bits per heavy atom. The first-order valence-electron chi connectivity index (χ1n) is 9.02. The fraction of sp³-hybridized carbons (Fsp3) is 0.647. The zero-order valence-corrected chi connectivity index (χ0v) is 15.1. The molecule has 9 nitrogen and oxygen atoms in total. The highest BCUT2D eigenvalue weighted by Crippen LogP contribution is 2.29. The molecule has 0 unspecified atom stereocenters. The molecule has 142 valence electrons. The molecule has 0 aromatic carbocycles. The van der Waals surface area contributed by atoms with Crippen LogP contribution in [0.1, 0.15) is 30.3 Å². The largest absolute Gasteiger partial charge is 0.378 e. The maximum Gasteiger partial charge on any atom is 0.312 e. The predicted molar refractivity (Wildman–Crippen MR) is 95.9 cm³/mol. The number of hydrogen-bond donors (Lipinski definition) is 2. The van der Waals surface area contributed by atoms with Crippen LogP contribution in [0.5, 0.6) is 0 Å². The van der Waals surface area contributed by atoms with E-state index >= 15 is 0 Å². The van der Waals surface area contributed by atoms with Crippen LogP contribution in [0.2, 0.25) is 0 Å². The predicted octanol–water partition coefficient (Wildman–Crippen LogP) is -0.00408. The minimum Gasteiger partial charge on any atom is -0.378 e. The topological polar surface area (TPSA) is 114 Å². The Morgan fingerprint density at radius 3 is 2.58 bits per heavy atom. The van der Waals surface area contributed by atoms with E-state index < -0.39 is 6.03 Å². The number of amides is 3. The number of aromatic nitrogens is 2. The second kappa shape index (κ2) is 8.31. The van der Waals surface area contributed by atoms with Gasteiger partial charge in [-0.05, 0) is 19.8 Å². The first kappa shape index (κ1) is 18.4. The Balaban J connectivity index is 1.61. The Hall–Kier alpha value is -2.42. The van der Waals surface area contributed by atoms with Crippen LogP contribution in [0.3, 0.4) is 0 Å². The van der Waals surface area contributed by atoms with Crippen LogP contribution in [-0.4, -0.2) is 72.7 Å². The maximum atomic E-state index is 12.1. The molecule has 1 aromatic rings. The van der Waals surface area contributed by atoms with Gasteiger partial charge < -0.3 is 25.6 Å². The van der Waals surface area contributed by atoms with Gasteiger partial charge in [-0.25, -0.2) is 14.8 Å². The molecule has 2 fully saturated rings. The van der Waals surface area contributed by atoms with Crippen LogP contribution >= 0.6 is 0 Å². The van der Waals surface area contributed by atoms with E-state index in [9.17, 15) is 9.59 Å². The molecule has 26 heavy (non-hydrogen) atoms. The summed E-state index contributed by atoms with van der Waals surface area (Å²) >= 11 is 0. The monoisotopic (exact) mass is 362 g/mol. The third-order valence-corrected chi connectivity index (χ3v) is 4.86. The molecule has 0 aliphatic carbocycles. The van der Waals surface area contributed by atoms with Crippen LogP contribution < -0.4 is 16.0 Å². The Kier molecular flexibility index (Phi) is 5.87. The Bertz CT molecular complexity index is 654. The highest BCUT2D eigenvalue weighted by Gasteiger charge is 2.26. The number of carbonyl (C=O) groups excluding carboxylic acids is 2. The average Bonchev–Trinajstić information content (AvgIpc) is 2.66. The number of primary amides is 1. The second-order valence-corrected chi connectivity index (χ2v) is 6.67. The Labute approximate surface area is 152 Å². The lowest BCUT2D eigenvalue weighted by Gasteiger charge is -2.33. The number of nitrogens with two attached hydrogens (primary N) is 1. The molecule has 3 N–H and O–H groups in total. The zero-order chi connectivity index (χ0) is 18.5. The summed E-state index contributed by atoms with van der Waals surface area (Å²) in [5.74, 6) is 1.94. The van der Waals surface area contributed by atoms with Gasteiger partial charge in [0.25, 0.3) is 0 Å². The van der Waals surface area contributed by atoms with Crippen molar-refractivity contribution in [2.45, 2.75) is 25.7 Å². The van der Waals surface area contributed by atoms with Gasteiger partial charge in [0, 0.05) is 43.9 Å². The third-order valence-electron chi connectivity index (χ3n) is 4.86. The summed E-state index contributed by atoms with van der Waals surface area (Å²) in [5, 5.41) is 2.35. The minimum absolute atomic E-state index is 0.0478. The van der Waals surface area contributed by atoms with Crippen molar-refractivity contribution >= 4 is 17.8 Å². The summed E-state index contributed by atoms with van der Waals surface area (Å²) in [6.45, 7) is 6.30. The van der Waals surface area contributed by atoms with Crippen molar-refractivity contribution in [1.82, 2.24) is 20.2 Å². The quantitative estimate of drug-likeness (QED) is 0.779. The molecule has 3 rings (SSSR count). The summed E-state index contributed by atoms with van der Waals surface area (Å²) < 4.78 is 5.41. The number of nitrogens with one attached hydrogen (secondary N) is 1. The van der Waals surface area contributed by atoms with Gasteiger partial charge in [0.1, 0.15) is 11.6 Å². The molecule has 1 aromatic heterocycles. The standard InChI is InChI=1S/C17H26N6O3/c1-12-20-14(10-15(21-12)22-6-8-26-9-7-22)13-2-4-23(5-3-13)16(24)11-19-17(18)25/h10,13H,2-9,11H2,1H3,(H3,18,19,25). The lowest BCUT2D eigenvalue weighted by Crippen LogP contribution is -2.45. The number of urea groups is 1. The molecule has 2 aliphatic heterocycles. The van der Waals surface area contributed by atoms with Crippen LogP contribution in [0.4, 0.5) is 10.6 Å². The van der Waals surface area contributed by atoms with Gasteiger partial charge >= 0.3 is 6.03 Å². The van der Waals surface area contributed by atoms with E-state index in [1.54, 1.807) is 4.90 Å². The van der Waals surface area contributed by atoms with Crippen LogP contribution in [0.25, 0.3) is 0 Å². The van der Waals surface area contributed by atoms with E-state index in [0.717, 1.165) is 56.5 Å². The number of carbonyl (C=O) groups is 2. The normalized spacial score (nSPS) is 18.7. The van der Waals surface area contributed by atoms with Crippen LogP contribution in [0.15, 0.2) is 6.07 Å². The maximum absolute atomic E-state index is 12.1.